The van der Waals surface area contributed by atoms with Crippen LogP contribution in [0.25, 0.3) is 0 Å². The van der Waals surface area contributed by atoms with Gasteiger partial charge in [0.25, 0.3) is 0 Å². The average molecular weight is 277 g/mol. The third kappa shape index (κ3) is 3.97. The summed E-state index contributed by atoms with van der Waals surface area (Å²) in [5.41, 5.74) is 6.83. The molecule has 1 aliphatic rings. The SMILES string of the molecule is CC1CCCCC1OC(=O)[C@H](N)Cc1ccc(O)cc1. The average Bonchev–Trinajstić information content (AvgIpc) is 2.44. The van der Waals surface area contributed by atoms with E-state index in [9.17, 15) is 9.90 Å². The molecular weight excluding hydrogens is 254 g/mol. The van der Waals surface area contributed by atoms with Crippen molar-refractivity contribution in [3.63, 3.8) is 0 Å². The summed E-state index contributed by atoms with van der Waals surface area (Å²) >= 11 is 0. The number of hydrogen-bond acceptors (Lipinski definition) is 4. The van der Waals surface area contributed by atoms with Crippen molar-refractivity contribution in [3.8, 4) is 5.75 Å². The van der Waals surface area contributed by atoms with Crippen molar-refractivity contribution in [2.24, 2.45) is 11.7 Å². The van der Waals surface area contributed by atoms with Gasteiger partial charge in [-0.2, -0.15) is 0 Å². The second-order valence-corrected chi connectivity index (χ2v) is 5.71. The predicted molar refractivity (Wildman–Crippen MR) is 77.3 cm³/mol. The van der Waals surface area contributed by atoms with Gasteiger partial charge in [-0.15, -0.1) is 0 Å². The Hall–Kier alpha value is -1.55. The van der Waals surface area contributed by atoms with Crippen molar-refractivity contribution in [3.05, 3.63) is 29.8 Å². The molecule has 0 saturated heterocycles. The molecule has 4 heteroatoms. The van der Waals surface area contributed by atoms with E-state index < -0.39 is 6.04 Å². The normalized spacial score (nSPS) is 24.1. The molecule has 1 fully saturated rings. The Balaban J connectivity index is 1.86. The Morgan fingerprint density at radius 2 is 2.00 bits per heavy atom. The van der Waals surface area contributed by atoms with Crippen LogP contribution in [0.1, 0.15) is 38.2 Å². The van der Waals surface area contributed by atoms with Gasteiger partial charge in [-0.1, -0.05) is 25.5 Å². The van der Waals surface area contributed by atoms with Gasteiger partial charge >= 0.3 is 5.97 Å². The topological polar surface area (TPSA) is 72.5 Å². The molecule has 0 aliphatic heterocycles. The minimum absolute atomic E-state index is 0.0158. The number of phenolic OH excluding ortho intramolecular Hbond substituents is 1. The van der Waals surface area contributed by atoms with Gasteiger partial charge < -0.3 is 15.6 Å². The fourth-order valence-electron chi connectivity index (χ4n) is 2.66. The van der Waals surface area contributed by atoms with Gasteiger partial charge in [0.15, 0.2) is 0 Å². The molecule has 0 heterocycles. The van der Waals surface area contributed by atoms with E-state index in [1.54, 1.807) is 24.3 Å². The maximum Gasteiger partial charge on any atom is 0.323 e. The molecule has 2 unspecified atom stereocenters. The smallest absolute Gasteiger partial charge is 0.323 e. The lowest BCUT2D eigenvalue weighted by Gasteiger charge is -2.29. The molecule has 0 spiro atoms. The second kappa shape index (κ2) is 6.75. The first kappa shape index (κ1) is 14.9. The number of nitrogens with two attached hydrogens (primary N) is 1. The summed E-state index contributed by atoms with van der Waals surface area (Å²) in [5.74, 6) is 0.311. The minimum Gasteiger partial charge on any atom is -0.508 e. The van der Waals surface area contributed by atoms with Crippen molar-refractivity contribution >= 4 is 5.97 Å². The highest BCUT2D eigenvalue weighted by Crippen LogP contribution is 2.26. The molecule has 0 amide bonds. The summed E-state index contributed by atoms with van der Waals surface area (Å²) in [4.78, 5) is 12.0. The van der Waals surface area contributed by atoms with Crippen molar-refractivity contribution in [2.75, 3.05) is 0 Å². The monoisotopic (exact) mass is 277 g/mol. The van der Waals surface area contributed by atoms with Crippen LogP contribution >= 0.6 is 0 Å². The van der Waals surface area contributed by atoms with Crippen LogP contribution in [0.15, 0.2) is 24.3 Å². The van der Waals surface area contributed by atoms with Gasteiger partial charge in [0.2, 0.25) is 0 Å². The van der Waals surface area contributed by atoms with Crippen molar-refractivity contribution in [1.82, 2.24) is 0 Å². The highest BCUT2D eigenvalue weighted by atomic mass is 16.5. The summed E-state index contributed by atoms with van der Waals surface area (Å²) in [6, 6.07) is 6.08. The number of carbonyl (C=O) groups excluding carboxylic acids is 1. The van der Waals surface area contributed by atoms with Gasteiger partial charge in [0.05, 0.1) is 0 Å². The lowest BCUT2D eigenvalue weighted by atomic mass is 9.88. The van der Waals surface area contributed by atoms with Crippen molar-refractivity contribution in [2.45, 2.75) is 51.2 Å². The van der Waals surface area contributed by atoms with Gasteiger partial charge in [-0.05, 0) is 49.3 Å². The summed E-state index contributed by atoms with van der Waals surface area (Å²) in [7, 11) is 0. The lowest BCUT2D eigenvalue weighted by Crippen LogP contribution is -2.39. The minimum atomic E-state index is -0.645. The number of aromatic hydroxyl groups is 1. The predicted octanol–water partition coefficient (Wildman–Crippen LogP) is 2.38. The van der Waals surface area contributed by atoms with Crippen LogP contribution in [-0.2, 0) is 16.0 Å². The van der Waals surface area contributed by atoms with E-state index in [0.29, 0.717) is 12.3 Å². The van der Waals surface area contributed by atoms with Crippen LogP contribution in [0.2, 0.25) is 0 Å². The fourth-order valence-corrected chi connectivity index (χ4v) is 2.66. The first-order chi connectivity index (χ1) is 9.56. The van der Waals surface area contributed by atoms with E-state index >= 15 is 0 Å². The van der Waals surface area contributed by atoms with Crippen molar-refractivity contribution < 1.29 is 14.6 Å². The van der Waals surface area contributed by atoms with Gasteiger partial charge in [-0.25, -0.2) is 0 Å². The molecule has 1 saturated carbocycles. The molecule has 1 aromatic rings. The van der Waals surface area contributed by atoms with E-state index in [0.717, 1.165) is 24.8 Å². The third-order valence-electron chi connectivity index (χ3n) is 4.00. The Bertz CT molecular complexity index is 444. The molecule has 3 N–H and O–H groups in total. The number of hydrogen-bond donors (Lipinski definition) is 2. The lowest BCUT2D eigenvalue weighted by molar-refractivity contribution is -0.154. The van der Waals surface area contributed by atoms with E-state index in [-0.39, 0.29) is 17.8 Å². The van der Waals surface area contributed by atoms with Crippen LogP contribution in [0.5, 0.6) is 5.75 Å². The highest BCUT2D eigenvalue weighted by molar-refractivity contribution is 5.76. The molecule has 4 nitrogen and oxygen atoms in total. The highest BCUT2D eigenvalue weighted by Gasteiger charge is 2.27. The third-order valence-corrected chi connectivity index (χ3v) is 4.00. The van der Waals surface area contributed by atoms with E-state index in [1.165, 1.54) is 6.42 Å². The Labute approximate surface area is 119 Å². The number of benzene rings is 1. The number of carbonyl (C=O) groups is 1. The Morgan fingerprint density at radius 3 is 2.65 bits per heavy atom. The molecular formula is C16H23NO3. The van der Waals surface area contributed by atoms with Gasteiger partial charge in [0.1, 0.15) is 17.9 Å². The number of rotatable bonds is 4. The number of ether oxygens (including phenoxy) is 1. The van der Waals surface area contributed by atoms with Crippen LogP contribution < -0.4 is 5.73 Å². The van der Waals surface area contributed by atoms with Gasteiger partial charge in [-0.3, -0.25) is 4.79 Å². The zero-order chi connectivity index (χ0) is 14.5. The number of phenols is 1. The van der Waals surface area contributed by atoms with Crippen LogP contribution in [0.3, 0.4) is 0 Å². The summed E-state index contributed by atoms with van der Waals surface area (Å²) < 4.78 is 5.55. The first-order valence-electron chi connectivity index (χ1n) is 7.30. The molecule has 1 aliphatic carbocycles. The quantitative estimate of drug-likeness (QED) is 0.829. The van der Waals surface area contributed by atoms with E-state index in [1.807, 2.05) is 0 Å². The molecule has 0 aromatic heterocycles. The summed E-state index contributed by atoms with van der Waals surface area (Å²) in [6.45, 7) is 2.13. The van der Waals surface area contributed by atoms with Crippen LogP contribution in [-0.4, -0.2) is 23.2 Å². The van der Waals surface area contributed by atoms with Crippen LogP contribution in [0, 0.1) is 5.92 Å². The fraction of sp³-hybridized carbons (Fsp3) is 0.562. The molecule has 2 rings (SSSR count). The van der Waals surface area contributed by atoms with Crippen LogP contribution in [0.4, 0.5) is 0 Å². The number of esters is 1. The van der Waals surface area contributed by atoms with Crippen molar-refractivity contribution in [1.29, 1.82) is 0 Å². The zero-order valence-electron chi connectivity index (χ0n) is 11.9. The molecule has 0 bridgehead atoms. The molecule has 20 heavy (non-hydrogen) atoms. The standard InChI is InChI=1S/C16H23NO3/c1-11-4-2-3-5-15(11)20-16(19)14(17)10-12-6-8-13(18)9-7-12/h6-9,11,14-15,18H,2-5,10,17H2,1H3/t11?,14-,15?/m1/s1. The molecule has 0 radical (unpaired) electrons. The summed E-state index contributed by atoms with van der Waals surface area (Å²) in [5, 5.41) is 9.22. The summed E-state index contributed by atoms with van der Waals surface area (Å²) in [6.07, 6.45) is 4.84. The second-order valence-electron chi connectivity index (χ2n) is 5.71. The Kier molecular flexibility index (Phi) is 5.01. The zero-order valence-corrected chi connectivity index (χ0v) is 11.9. The molecule has 1 aromatic carbocycles. The van der Waals surface area contributed by atoms with Gasteiger partial charge in [0, 0.05) is 0 Å². The molecule has 3 atom stereocenters. The maximum absolute atomic E-state index is 12.0. The van der Waals surface area contributed by atoms with E-state index in [4.69, 9.17) is 10.5 Å². The maximum atomic E-state index is 12.0. The van der Waals surface area contributed by atoms with E-state index in [2.05, 4.69) is 6.92 Å². The Morgan fingerprint density at radius 1 is 1.35 bits per heavy atom. The largest absolute Gasteiger partial charge is 0.508 e. The molecule has 110 valence electrons. The first-order valence-corrected chi connectivity index (χ1v) is 7.30.